The van der Waals surface area contributed by atoms with Crippen molar-refractivity contribution in [2.24, 2.45) is 0 Å². The first kappa shape index (κ1) is 14.7. The molecule has 0 saturated carbocycles. The number of carbonyl (C=O) groups is 1. The minimum Gasteiger partial charge on any atom is -0.372 e. The van der Waals surface area contributed by atoms with Gasteiger partial charge in [-0.05, 0) is 26.0 Å². The lowest BCUT2D eigenvalue weighted by Crippen LogP contribution is -2.50. The van der Waals surface area contributed by atoms with Gasteiger partial charge in [-0.15, -0.1) is 0 Å². The van der Waals surface area contributed by atoms with Gasteiger partial charge < -0.3 is 9.64 Å². The Hall–Kier alpha value is -1.66. The summed E-state index contributed by atoms with van der Waals surface area (Å²) in [6.45, 7) is 5.17. The van der Waals surface area contributed by atoms with Gasteiger partial charge >= 0.3 is 0 Å². The molecule has 0 unspecified atom stereocenters. The summed E-state index contributed by atoms with van der Waals surface area (Å²) in [5, 5.41) is 10.9. The fraction of sp³-hybridized carbons (Fsp3) is 0.462. The van der Waals surface area contributed by atoms with Crippen LogP contribution < -0.4 is 0 Å². The fourth-order valence-electron chi connectivity index (χ4n) is 2.16. The van der Waals surface area contributed by atoms with Crippen LogP contribution in [0.25, 0.3) is 0 Å². The van der Waals surface area contributed by atoms with E-state index < -0.39 is 10.5 Å². The van der Waals surface area contributed by atoms with Gasteiger partial charge in [0, 0.05) is 24.7 Å². The maximum Gasteiger partial charge on any atom is 0.288 e. The van der Waals surface area contributed by atoms with Crippen molar-refractivity contribution in [1.82, 2.24) is 4.90 Å². The van der Waals surface area contributed by atoms with E-state index in [0.717, 1.165) is 0 Å². The SMILES string of the molecule is CC1(C)CN(C(=O)c2ccc(Cl)c([N+](=O)[O-])c2)CCO1. The van der Waals surface area contributed by atoms with E-state index in [1.54, 1.807) is 4.90 Å². The number of nitro benzene ring substituents is 1. The standard InChI is InChI=1S/C13H15ClN2O4/c1-13(2)8-15(5-6-20-13)12(17)9-3-4-10(14)11(7-9)16(18)19/h3-4,7H,5-6,8H2,1-2H3. The van der Waals surface area contributed by atoms with E-state index in [-0.39, 0.29) is 22.2 Å². The first-order chi connectivity index (χ1) is 9.30. The van der Waals surface area contributed by atoms with Crippen LogP contribution in [0.1, 0.15) is 24.2 Å². The molecule has 0 aromatic heterocycles. The van der Waals surface area contributed by atoms with E-state index in [2.05, 4.69) is 0 Å². The van der Waals surface area contributed by atoms with Crippen LogP contribution in [0.2, 0.25) is 5.02 Å². The molecule has 1 aliphatic rings. The van der Waals surface area contributed by atoms with Crippen molar-refractivity contribution >= 4 is 23.2 Å². The zero-order valence-corrected chi connectivity index (χ0v) is 12.0. The zero-order valence-electron chi connectivity index (χ0n) is 11.3. The molecular formula is C13H15ClN2O4. The van der Waals surface area contributed by atoms with Crippen molar-refractivity contribution < 1.29 is 14.5 Å². The van der Waals surface area contributed by atoms with Crippen molar-refractivity contribution in [1.29, 1.82) is 0 Å². The van der Waals surface area contributed by atoms with Crippen molar-refractivity contribution in [3.8, 4) is 0 Å². The number of nitrogens with zero attached hydrogens (tertiary/aromatic N) is 2. The number of carbonyl (C=O) groups excluding carboxylic acids is 1. The van der Waals surface area contributed by atoms with E-state index >= 15 is 0 Å². The third kappa shape index (κ3) is 3.08. The maximum atomic E-state index is 12.4. The second-order valence-corrected chi connectivity index (χ2v) is 5.67. The quantitative estimate of drug-likeness (QED) is 0.621. The minimum absolute atomic E-state index is 0.0221. The van der Waals surface area contributed by atoms with Gasteiger partial charge in [0.2, 0.25) is 0 Å². The first-order valence-corrected chi connectivity index (χ1v) is 6.55. The predicted molar refractivity (Wildman–Crippen MR) is 74.0 cm³/mol. The van der Waals surface area contributed by atoms with Gasteiger partial charge in [-0.1, -0.05) is 11.6 Å². The number of hydrogen-bond donors (Lipinski definition) is 0. The van der Waals surface area contributed by atoms with E-state index in [1.807, 2.05) is 13.8 Å². The zero-order chi connectivity index (χ0) is 14.9. The van der Waals surface area contributed by atoms with Crippen LogP contribution in [0.15, 0.2) is 18.2 Å². The Kier molecular flexibility index (Phi) is 3.96. The lowest BCUT2D eigenvalue weighted by Gasteiger charge is -2.38. The van der Waals surface area contributed by atoms with Gasteiger partial charge in [-0.3, -0.25) is 14.9 Å². The second kappa shape index (κ2) is 5.38. The Balaban J connectivity index is 2.25. The smallest absolute Gasteiger partial charge is 0.288 e. The molecule has 1 amide bonds. The van der Waals surface area contributed by atoms with Gasteiger partial charge in [0.1, 0.15) is 5.02 Å². The molecule has 1 aliphatic heterocycles. The van der Waals surface area contributed by atoms with Crippen LogP contribution in [0, 0.1) is 10.1 Å². The maximum absolute atomic E-state index is 12.4. The Labute approximate surface area is 121 Å². The van der Waals surface area contributed by atoms with Gasteiger partial charge in [-0.2, -0.15) is 0 Å². The van der Waals surface area contributed by atoms with Crippen molar-refractivity contribution in [3.63, 3.8) is 0 Å². The lowest BCUT2D eigenvalue weighted by molar-refractivity contribution is -0.384. The average Bonchev–Trinajstić information content (AvgIpc) is 2.37. The molecule has 1 heterocycles. The normalized spacial score (nSPS) is 17.9. The van der Waals surface area contributed by atoms with Crippen molar-refractivity contribution in [3.05, 3.63) is 38.9 Å². The average molecular weight is 299 g/mol. The van der Waals surface area contributed by atoms with E-state index in [9.17, 15) is 14.9 Å². The van der Waals surface area contributed by atoms with Crippen LogP contribution in [0.5, 0.6) is 0 Å². The summed E-state index contributed by atoms with van der Waals surface area (Å²) in [7, 11) is 0. The van der Waals surface area contributed by atoms with E-state index in [1.165, 1.54) is 18.2 Å². The summed E-state index contributed by atoms with van der Waals surface area (Å²) >= 11 is 5.74. The highest BCUT2D eigenvalue weighted by atomic mass is 35.5. The molecule has 2 rings (SSSR count). The van der Waals surface area contributed by atoms with Crippen LogP contribution in [-0.2, 0) is 4.74 Å². The summed E-state index contributed by atoms with van der Waals surface area (Å²) in [4.78, 5) is 24.3. The second-order valence-electron chi connectivity index (χ2n) is 5.26. The van der Waals surface area contributed by atoms with E-state index in [4.69, 9.17) is 16.3 Å². The topological polar surface area (TPSA) is 72.7 Å². The van der Waals surface area contributed by atoms with Crippen LogP contribution in [-0.4, -0.2) is 41.0 Å². The summed E-state index contributed by atoms with van der Waals surface area (Å²) in [6.07, 6.45) is 0. The molecule has 20 heavy (non-hydrogen) atoms. The number of hydrogen-bond acceptors (Lipinski definition) is 4. The Morgan fingerprint density at radius 1 is 1.50 bits per heavy atom. The molecule has 0 N–H and O–H groups in total. The summed E-state index contributed by atoms with van der Waals surface area (Å²) < 4.78 is 5.54. The minimum atomic E-state index is -0.595. The first-order valence-electron chi connectivity index (χ1n) is 6.17. The molecule has 7 heteroatoms. The molecule has 0 radical (unpaired) electrons. The molecule has 6 nitrogen and oxygen atoms in total. The molecule has 0 spiro atoms. The van der Waals surface area contributed by atoms with Crippen LogP contribution in [0.3, 0.4) is 0 Å². The summed E-state index contributed by atoms with van der Waals surface area (Å²) in [5.41, 5.74) is -0.407. The molecule has 1 fully saturated rings. The number of amides is 1. The highest BCUT2D eigenvalue weighted by Gasteiger charge is 2.31. The molecule has 108 valence electrons. The molecule has 1 aromatic rings. The predicted octanol–water partition coefficient (Wildman–Crippen LogP) is 2.50. The number of benzene rings is 1. The van der Waals surface area contributed by atoms with Crippen LogP contribution in [0.4, 0.5) is 5.69 Å². The van der Waals surface area contributed by atoms with Gasteiger partial charge in [0.05, 0.1) is 17.1 Å². The highest BCUT2D eigenvalue weighted by molar-refractivity contribution is 6.32. The third-order valence-corrected chi connectivity index (χ3v) is 3.42. The van der Waals surface area contributed by atoms with E-state index in [0.29, 0.717) is 19.7 Å². The Morgan fingerprint density at radius 3 is 2.80 bits per heavy atom. The monoisotopic (exact) mass is 298 g/mol. The summed E-state index contributed by atoms with van der Waals surface area (Å²) in [6, 6.07) is 4.09. The lowest BCUT2D eigenvalue weighted by atomic mass is 10.1. The number of nitro groups is 1. The third-order valence-electron chi connectivity index (χ3n) is 3.10. The fourth-order valence-corrected chi connectivity index (χ4v) is 2.34. The van der Waals surface area contributed by atoms with Gasteiger partial charge in [0.15, 0.2) is 0 Å². The van der Waals surface area contributed by atoms with Crippen molar-refractivity contribution in [2.45, 2.75) is 19.4 Å². The molecule has 1 aromatic carbocycles. The van der Waals surface area contributed by atoms with Crippen molar-refractivity contribution in [2.75, 3.05) is 19.7 Å². The van der Waals surface area contributed by atoms with Crippen LogP contribution >= 0.6 is 11.6 Å². The number of halogens is 1. The molecule has 0 atom stereocenters. The van der Waals surface area contributed by atoms with Gasteiger partial charge in [0.25, 0.3) is 11.6 Å². The number of morpholine rings is 1. The Morgan fingerprint density at radius 2 is 2.20 bits per heavy atom. The highest BCUT2D eigenvalue weighted by Crippen LogP contribution is 2.26. The molecule has 1 saturated heterocycles. The van der Waals surface area contributed by atoms with Gasteiger partial charge in [-0.25, -0.2) is 0 Å². The number of rotatable bonds is 2. The summed E-state index contributed by atoms with van der Waals surface area (Å²) in [5.74, 6) is -0.249. The molecule has 0 bridgehead atoms. The number of ether oxygens (including phenoxy) is 1. The molecule has 0 aliphatic carbocycles. The molecular weight excluding hydrogens is 284 g/mol. The Bertz CT molecular complexity index is 559. The largest absolute Gasteiger partial charge is 0.372 e.